The number of fused-ring (bicyclic) bond motifs is 2. The molecule has 0 amide bonds. The molecule has 1 fully saturated rings. The number of hydrogen-bond acceptors (Lipinski definition) is 2. The average Bonchev–Trinajstić information content (AvgIpc) is 2.22. The fourth-order valence-corrected chi connectivity index (χ4v) is 2.33. The number of allylic oxidation sites excluding steroid dienone is 2. The maximum absolute atomic E-state index is 3.38. The molecule has 0 spiro atoms. The summed E-state index contributed by atoms with van der Waals surface area (Å²) in [5.41, 5.74) is 2.95. The Morgan fingerprint density at radius 1 is 1.46 bits per heavy atom. The second-order valence-electron chi connectivity index (χ2n) is 3.98. The summed E-state index contributed by atoms with van der Waals surface area (Å²) in [6.45, 7) is 3.38. The van der Waals surface area contributed by atoms with Gasteiger partial charge in [-0.15, -0.1) is 0 Å². The molecule has 0 aromatic heterocycles. The van der Waals surface area contributed by atoms with E-state index in [2.05, 4.69) is 29.4 Å². The van der Waals surface area contributed by atoms with E-state index in [4.69, 9.17) is 0 Å². The second-order valence-corrected chi connectivity index (χ2v) is 3.98. The molecule has 2 rings (SSSR count). The van der Waals surface area contributed by atoms with Gasteiger partial charge in [-0.2, -0.15) is 0 Å². The van der Waals surface area contributed by atoms with Gasteiger partial charge in [-0.3, -0.25) is 5.32 Å². The van der Waals surface area contributed by atoms with Crippen molar-refractivity contribution in [1.29, 1.82) is 0 Å². The lowest BCUT2D eigenvalue weighted by Crippen LogP contribution is -2.43. The molecule has 1 atom stereocenters. The highest BCUT2D eigenvalue weighted by atomic mass is 15.3. The second kappa shape index (κ2) is 3.54. The summed E-state index contributed by atoms with van der Waals surface area (Å²) >= 11 is 0. The maximum Gasteiger partial charge on any atom is 0.101 e. The summed E-state index contributed by atoms with van der Waals surface area (Å²) < 4.78 is 0. The highest BCUT2D eigenvalue weighted by molar-refractivity contribution is 5.30. The Morgan fingerprint density at radius 3 is 3.08 bits per heavy atom. The van der Waals surface area contributed by atoms with Crippen molar-refractivity contribution in [1.82, 2.24) is 10.2 Å². The quantitative estimate of drug-likeness (QED) is 0.659. The van der Waals surface area contributed by atoms with Crippen molar-refractivity contribution in [3.63, 3.8) is 0 Å². The zero-order valence-corrected chi connectivity index (χ0v) is 8.51. The van der Waals surface area contributed by atoms with E-state index < -0.39 is 0 Å². The summed E-state index contributed by atoms with van der Waals surface area (Å²) in [4.78, 5) is 2.43. The third-order valence-corrected chi connectivity index (χ3v) is 2.87. The van der Waals surface area contributed by atoms with E-state index in [9.17, 15) is 0 Å². The van der Waals surface area contributed by atoms with Crippen LogP contribution < -0.4 is 5.32 Å². The molecule has 0 radical (unpaired) electrons. The molecular formula is C11H18N2. The molecule has 0 aromatic carbocycles. The molecule has 0 aliphatic carbocycles. The van der Waals surface area contributed by atoms with Crippen LogP contribution in [-0.4, -0.2) is 24.7 Å². The molecule has 2 aliphatic heterocycles. The van der Waals surface area contributed by atoms with Gasteiger partial charge < -0.3 is 4.90 Å². The fraction of sp³-hybridized carbons (Fsp3) is 0.636. The summed E-state index contributed by atoms with van der Waals surface area (Å²) in [5, 5.41) is 3.38. The minimum Gasteiger partial charge on any atom is -0.358 e. The number of likely N-dealkylation sites (N-methyl/N-ethyl adjacent to an activating group) is 1. The van der Waals surface area contributed by atoms with E-state index in [0.717, 1.165) is 0 Å². The lowest BCUT2D eigenvalue weighted by atomic mass is 10.0. The van der Waals surface area contributed by atoms with Crippen molar-refractivity contribution >= 4 is 0 Å². The van der Waals surface area contributed by atoms with Crippen LogP contribution in [0.1, 0.15) is 26.2 Å². The molecule has 72 valence electrons. The van der Waals surface area contributed by atoms with Crippen LogP contribution in [-0.2, 0) is 0 Å². The molecule has 2 bridgehead atoms. The van der Waals surface area contributed by atoms with Crippen LogP contribution in [0.15, 0.2) is 23.4 Å². The Balaban J connectivity index is 2.29. The Hall–Kier alpha value is -0.760. The van der Waals surface area contributed by atoms with Crippen molar-refractivity contribution in [3.05, 3.63) is 23.4 Å². The number of nitrogens with zero attached hydrogens (tertiary/aromatic N) is 1. The molecule has 13 heavy (non-hydrogen) atoms. The lowest BCUT2D eigenvalue weighted by molar-refractivity contribution is 0.281. The number of nitrogens with one attached hydrogen (secondary N) is 1. The average molecular weight is 178 g/mol. The van der Waals surface area contributed by atoms with Gasteiger partial charge in [0.25, 0.3) is 0 Å². The third-order valence-electron chi connectivity index (χ3n) is 2.87. The van der Waals surface area contributed by atoms with Crippen LogP contribution in [0.4, 0.5) is 0 Å². The number of rotatable bonds is 1. The van der Waals surface area contributed by atoms with Crippen molar-refractivity contribution in [3.8, 4) is 0 Å². The van der Waals surface area contributed by atoms with Gasteiger partial charge in [0.2, 0.25) is 0 Å². The maximum atomic E-state index is 3.38. The minimum atomic E-state index is 0.464. The normalized spacial score (nSPS) is 27.8. The van der Waals surface area contributed by atoms with Crippen molar-refractivity contribution in [2.24, 2.45) is 0 Å². The monoisotopic (exact) mass is 178 g/mol. The predicted octanol–water partition coefficient (Wildman–Crippen LogP) is 1.86. The molecule has 2 heterocycles. The van der Waals surface area contributed by atoms with Gasteiger partial charge in [-0.25, -0.2) is 0 Å². The van der Waals surface area contributed by atoms with E-state index in [1.165, 1.54) is 31.4 Å². The topological polar surface area (TPSA) is 15.3 Å². The van der Waals surface area contributed by atoms with Crippen LogP contribution in [0, 0.1) is 0 Å². The third kappa shape index (κ3) is 1.63. The number of hydrogen-bond donors (Lipinski definition) is 1. The fourth-order valence-electron chi connectivity index (χ4n) is 2.33. The Morgan fingerprint density at radius 2 is 2.31 bits per heavy atom. The van der Waals surface area contributed by atoms with Crippen LogP contribution >= 0.6 is 0 Å². The van der Waals surface area contributed by atoms with Gasteiger partial charge in [-0.1, -0.05) is 6.08 Å². The molecule has 2 aliphatic rings. The molecule has 2 nitrogen and oxygen atoms in total. The van der Waals surface area contributed by atoms with E-state index in [-0.39, 0.29) is 0 Å². The van der Waals surface area contributed by atoms with Gasteiger partial charge in [-0.05, 0) is 44.4 Å². The molecule has 0 aromatic rings. The zero-order chi connectivity index (χ0) is 9.26. The van der Waals surface area contributed by atoms with Crippen LogP contribution in [0.2, 0.25) is 0 Å². The SMILES string of the molecule is CNC1C2=CC(C)=CN1CCCC2. The summed E-state index contributed by atoms with van der Waals surface area (Å²) in [6, 6.07) is 0. The molecule has 2 heteroatoms. The molecule has 1 unspecified atom stereocenters. The first-order valence-corrected chi connectivity index (χ1v) is 5.13. The van der Waals surface area contributed by atoms with Gasteiger partial charge in [0, 0.05) is 12.7 Å². The Kier molecular flexibility index (Phi) is 2.40. The summed E-state index contributed by atoms with van der Waals surface area (Å²) in [5.74, 6) is 0. The minimum absolute atomic E-state index is 0.464. The van der Waals surface area contributed by atoms with E-state index in [1.807, 2.05) is 7.05 Å². The Labute approximate surface area is 80.3 Å². The van der Waals surface area contributed by atoms with Crippen LogP contribution in [0.25, 0.3) is 0 Å². The smallest absolute Gasteiger partial charge is 0.101 e. The van der Waals surface area contributed by atoms with Gasteiger partial charge in [0.1, 0.15) is 6.17 Å². The largest absolute Gasteiger partial charge is 0.358 e. The first-order chi connectivity index (χ1) is 6.31. The highest BCUT2D eigenvalue weighted by Gasteiger charge is 2.23. The van der Waals surface area contributed by atoms with Crippen molar-refractivity contribution < 1.29 is 0 Å². The molecular weight excluding hydrogens is 160 g/mol. The van der Waals surface area contributed by atoms with E-state index in [1.54, 1.807) is 5.57 Å². The van der Waals surface area contributed by atoms with Crippen LogP contribution in [0.5, 0.6) is 0 Å². The van der Waals surface area contributed by atoms with E-state index in [0.29, 0.717) is 6.17 Å². The predicted molar refractivity (Wildman–Crippen MR) is 55.2 cm³/mol. The Bertz CT molecular complexity index is 253. The summed E-state index contributed by atoms with van der Waals surface area (Å²) in [7, 11) is 2.05. The van der Waals surface area contributed by atoms with Crippen LogP contribution in [0.3, 0.4) is 0 Å². The summed E-state index contributed by atoms with van der Waals surface area (Å²) in [6.07, 6.45) is 8.98. The van der Waals surface area contributed by atoms with Gasteiger partial charge in [0.05, 0.1) is 0 Å². The first-order valence-electron chi connectivity index (χ1n) is 5.13. The standard InChI is InChI=1S/C11H18N2/c1-9-7-10-5-3-4-6-13(8-9)11(10)12-2/h7-8,11-12H,3-6H2,1-2H3. The van der Waals surface area contributed by atoms with Crippen molar-refractivity contribution in [2.45, 2.75) is 32.4 Å². The molecule has 0 saturated carbocycles. The highest BCUT2D eigenvalue weighted by Crippen LogP contribution is 2.26. The lowest BCUT2D eigenvalue weighted by Gasteiger charge is -2.33. The van der Waals surface area contributed by atoms with Gasteiger partial charge >= 0.3 is 0 Å². The molecule has 1 N–H and O–H groups in total. The van der Waals surface area contributed by atoms with E-state index >= 15 is 0 Å². The van der Waals surface area contributed by atoms with Gasteiger partial charge in [0.15, 0.2) is 0 Å². The molecule has 1 saturated heterocycles. The van der Waals surface area contributed by atoms with Crippen molar-refractivity contribution in [2.75, 3.05) is 13.6 Å². The zero-order valence-electron chi connectivity index (χ0n) is 8.51. The first kappa shape index (κ1) is 8.82.